The lowest BCUT2D eigenvalue weighted by atomic mass is 9.79. The molecule has 4 atom stereocenters. The third-order valence-electron chi connectivity index (χ3n) is 4.99. The number of carbonyl (C=O) groups excluding carboxylic acids is 1. The van der Waals surface area contributed by atoms with Crippen LogP contribution in [0.1, 0.15) is 46.0 Å². The number of Topliss-reactive ketones (excluding diaryl/α,β-unsaturated/α-hetero) is 1. The Morgan fingerprint density at radius 2 is 1.87 bits per heavy atom. The maximum atomic E-state index is 12.3. The zero-order valence-corrected chi connectivity index (χ0v) is 9.75. The van der Waals surface area contributed by atoms with Gasteiger partial charge in [0.05, 0.1) is 0 Å². The number of hydrogen-bond acceptors (Lipinski definition) is 1. The third-order valence-corrected chi connectivity index (χ3v) is 4.99. The second-order valence-corrected chi connectivity index (χ2v) is 5.66. The highest BCUT2D eigenvalue weighted by Crippen LogP contribution is 2.59. The topological polar surface area (TPSA) is 17.1 Å². The molecule has 82 valence electrons. The molecule has 2 saturated carbocycles. The Bertz CT molecular complexity index is 339. The van der Waals surface area contributed by atoms with Gasteiger partial charge in [-0.2, -0.15) is 0 Å². The molecule has 4 unspecified atom stereocenters. The molecule has 0 aliphatic heterocycles. The van der Waals surface area contributed by atoms with E-state index in [0.717, 1.165) is 24.7 Å². The maximum absolute atomic E-state index is 12.3. The second-order valence-electron chi connectivity index (χ2n) is 5.66. The zero-order chi connectivity index (χ0) is 10.6. The molecule has 0 saturated heterocycles. The fourth-order valence-corrected chi connectivity index (χ4v) is 4.46. The van der Waals surface area contributed by atoms with E-state index in [1.165, 1.54) is 30.4 Å². The Kier molecular flexibility index (Phi) is 2.05. The third kappa shape index (κ3) is 1.12. The molecule has 1 heteroatoms. The molecule has 0 spiro atoms. The van der Waals surface area contributed by atoms with Crippen LogP contribution in [-0.4, -0.2) is 5.78 Å². The van der Waals surface area contributed by atoms with Crippen molar-refractivity contribution in [3.8, 4) is 0 Å². The Hall–Kier alpha value is -0.590. The number of allylic oxidation sites excluding steroid dienone is 2. The second kappa shape index (κ2) is 3.20. The molecule has 2 fully saturated rings. The molecule has 0 N–H and O–H groups in total. The summed E-state index contributed by atoms with van der Waals surface area (Å²) < 4.78 is 0. The lowest BCUT2D eigenvalue weighted by molar-refractivity contribution is -0.120. The van der Waals surface area contributed by atoms with Crippen LogP contribution in [0.5, 0.6) is 0 Å². The van der Waals surface area contributed by atoms with Gasteiger partial charge in [-0.1, -0.05) is 18.9 Å². The molecule has 0 aromatic rings. The van der Waals surface area contributed by atoms with E-state index in [-0.39, 0.29) is 0 Å². The molecular weight excluding hydrogens is 184 g/mol. The van der Waals surface area contributed by atoms with E-state index in [2.05, 4.69) is 13.8 Å². The van der Waals surface area contributed by atoms with Crippen LogP contribution in [0.15, 0.2) is 11.1 Å². The van der Waals surface area contributed by atoms with Crippen LogP contribution in [0.25, 0.3) is 0 Å². The highest BCUT2D eigenvalue weighted by molar-refractivity contribution is 6.01. The van der Waals surface area contributed by atoms with Crippen molar-refractivity contribution in [2.75, 3.05) is 0 Å². The highest BCUT2D eigenvalue weighted by atomic mass is 16.1. The molecule has 3 aliphatic rings. The summed E-state index contributed by atoms with van der Waals surface area (Å²) in [5.74, 6) is 3.23. The van der Waals surface area contributed by atoms with Gasteiger partial charge in [0.1, 0.15) is 0 Å². The molecule has 0 aromatic heterocycles. The maximum Gasteiger partial charge on any atom is 0.162 e. The van der Waals surface area contributed by atoms with Gasteiger partial charge >= 0.3 is 0 Å². The van der Waals surface area contributed by atoms with E-state index in [0.29, 0.717) is 17.6 Å². The Morgan fingerprint density at radius 1 is 1.20 bits per heavy atom. The molecular formula is C14H20O. The average Bonchev–Trinajstić information content (AvgIpc) is 2.87. The molecule has 0 aromatic carbocycles. The Balaban J connectivity index is 1.96. The summed E-state index contributed by atoms with van der Waals surface area (Å²) in [7, 11) is 0. The molecule has 3 aliphatic carbocycles. The van der Waals surface area contributed by atoms with Crippen molar-refractivity contribution in [3.05, 3.63) is 11.1 Å². The van der Waals surface area contributed by atoms with Crippen LogP contribution < -0.4 is 0 Å². The van der Waals surface area contributed by atoms with Gasteiger partial charge in [0.2, 0.25) is 0 Å². The van der Waals surface area contributed by atoms with Gasteiger partial charge in [0, 0.05) is 5.92 Å². The SMILES string of the molecule is CCCC1=C(C)C2C3CCC(C3)C2C1=O. The normalized spacial score (nSPS) is 42.9. The average molecular weight is 204 g/mol. The molecule has 2 bridgehead atoms. The van der Waals surface area contributed by atoms with Crippen molar-refractivity contribution in [2.45, 2.75) is 46.0 Å². The summed E-state index contributed by atoms with van der Waals surface area (Å²) in [6.07, 6.45) is 6.20. The number of carbonyl (C=O) groups is 1. The fraction of sp³-hybridized carbons (Fsp3) is 0.786. The molecule has 0 radical (unpaired) electrons. The van der Waals surface area contributed by atoms with Crippen molar-refractivity contribution in [3.63, 3.8) is 0 Å². The van der Waals surface area contributed by atoms with Crippen LogP contribution in [0, 0.1) is 23.7 Å². The first kappa shape index (κ1) is 9.62. The van der Waals surface area contributed by atoms with Gasteiger partial charge in [-0.3, -0.25) is 4.79 Å². The van der Waals surface area contributed by atoms with Gasteiger partial charge in [-0.25, -0.2) is 0 Å². The van der Waals surface area contributed by atoms with Gasteiger partial charge in [0.25, 0.3) is 0 Å². The van der Waals surface area contributed by atoms with Crippen LogP contribution in [0.3, 0.4) is 0 Å². The van der Waals surface area contributed by atoms with Crippen LogP contribution in [0.2, 0.25) is 0 Å². The first-order valence-corrected chi connectivity index (χ1v) is 6.48. The summed E-state index contributed by atoms with van der Waals surface area (Å²) >= 11 is 0. The van der Waals surface area contributed by atoms with Crippen LogP contribution in [-0.2, 0) is 4.79 Å². The van der Waals surface area contributed by atoms with E-state index >= 15 is 0 Å². The number of rotatable bonds is 2. The number of fused-ring (bicyclic) bond motifs is 5. The number of ketones is 1. The largest absolute Gasteiger partial charge is 0.294 e. The van der Waals surface area contributed by atoms with Crippen molar-refractivity contribution >= 4 is 5.78 Å². The molecule has 15 heavy (non-hydrogen) atoms. The Morgan fingerprint density at radius 3 is 2.47 bits per heavy atom. The minimum absolute atomic E-state index is 0.422. The van der Waals surface area contributed by atoms with Crippen molar-refractivity contribution in [1.82, 2.24) is 0 Å². The van der Waals surface area contributed by atoms with Gasteiger partial charge < -0.3 is 0 Å². The van der Waals surface area contributed by atoms with Crippen molar-refractivity contribution in [2.24, 2.45) is 23.7 Å². The lowest BCUT2D eigenvalue weighted by Crippen LogP contribution is -2.24. The summed E-state index contributed by atoms with van der Waals surface area (Å²) in [5.41, 5.74) is 2.68. The lowest BCUT2D eigenvalue weighted by Gasteiger charge is -2.24. The van der Waals surface area contributed by atoms with Crippen molar-refractivity contribution in [1.29, 1.82) is 0 Å². The fourth-order valence-electron chi connectivity index (χ4n) is 4.46. The first-order chi connectivity index (χ1) is 7.24. The van der Waals surface area contributed by atoms with E-state index in [1.807, 2.05) is 0 Å². The first-order valence-electron chi connectivity index (χ1n) is 6.48. The molecule has 3 rings (SSSR count). The van der Waals surface area contributed by atoms with E-state index < -0.39 is 0 Å². The van der Waals surface area contributed by atoms with Gasteiger partial charge in [-0.05, 0) is 55.9 Å². The number of hydrogen-bond donors (Lipinski definition) is 0. The van der Waals surface area contributed by atoms with Crippen molar-refractivity contribution < 1.29 is 4.79 Å². The van der Waals surface area contributed by atoms with Gasteiger partial charge in [0.15, 0.2) is 5.78 Å². The van der Waals surface area contributed by atoms with Crippen LogP contribution in [0.4, 0.5) is 0 Å². The minimum atomic E-state index is 0.422. The summed E-state index contributed by atoms with van der Waals surface area (Å²) in [5, 5.41) is 0. The highest BCUT2D eigenvalue weighted by Gasteiger charge is 2.55. The summed E-state index contributed by atoms with van der Waals surface area (Å²) in [6, 6.07) is 0. The predicted octanol–water partition coefficient (Wildman–Crippen LogP) is 3.35. The van der Waals surface area contributed by atoms with E-state index in [9.17, 15) is 4.79 Å². The quantitative estimate of drug-likeness (QED) is 0.674. The molecule has 0 heterocycles. The van der Waals surface area contributed by atoms with Gasteiger partial charge in [-0.15, -0.1) is 0 Å². The predicted molar refractivity (Wildman–Crippen MR) is 60.4 cm³/mol. The summed E-state index contributed by atoms with van der Waals surface area (Å²) in [4.78, 5) is 12.3. The molecule has 0 amide bonds. The smallest absolute Gasteiger partial charge is 0.162 e. The Labute approximate surface area is 91.9 Å². The summed E-state index contributed by atoms with van der Waals surface area (Å²) in [6.45, 7) is 4.41. The zero-order valence-electron chi connectivity index (χ0n) is 9.75. The van der Waals surface area contributed by atoms with Crippen LogP contribution >= 0.6 is 0 Å². The van der Waals surface area contributed by atoms with E-state index in [1.54, 1.807) is 0 Å². The monoisotopic (exact) mass is 204 g/mol. The molecule has 1 nitrogen and oxygen atoms in total. The minimum Gasteiger partial charge on any atom is -0.294 e. The standard InChI is InChI=1S/C14H20O/c1-3-4-11-8(2)12-9-5-6-10(7-9)13(12)14(11)15/h9-10,12-13H,3-7H2,1-2H3. The van der Waals surface area contributed by atoms with E-state index in [4.69, 9.17) is 0 Å².